The molecular formula is C10H9NO6. The molecule has 0 atom stereocenters. The topological polar surface area (TPSA) is 95.7 Å². The molecule has 0 heterocycles. The first kappa shape index (κ1) is 12.6. The second-order valence-corrected chi connectivity index (χ2v) is 2.98. The third kappa shape index (κ3) is 2.39. The highest BCUT2D eigenvalue weighted by molar-refractivity contribution is 6.01. The number of esters is 1. The number of rotatable bonds is 4. The van der Waals surface area contributed by atoms with Gasteiger partial charge < -0.3 is 9.47 Å². The third-order valence-electron chi connectivity index (χ3n) is 2.06. The Hall–Kier alpha value is -2.44. The number of non-ortho nitro benzene ring substituents is 1. The van der Waals surface area contributed by atoms with Gasteiger partial charge in [0.05, 0.1) is 25.2 Å². The average Bonchev–Trinajstić information content (AvgIpc) is 2.35. The Morgan fingerprint density at radius 1 is 1.41 bits per heavy atom. The smallest absolute Gasteiger partial charge is 0.342 e. The molecule has 0 aromatic heterocycles. The molecule has 0 unspecified atom stereocenters. The van der Waals surface area contributed by atoms with E-state index in [0.717, 1.165) is 19.2 Å². The van der Waals surface area contributed by atoms with Crippen LogP contribution in [0.4, 0.5) is 5.69 Å². The Balaban J connectivity index is 3.52. The van der Waals surface area contributed by atoms with Gasteiger partial charge >= 0.3 is 5.97 Å². The van der Waals surface area contributed by atoms with E-state index in [1.54, 1.807) is 0 Å². The van der Waals surface area contributed by atoms with E-state index < -0.39 is 10.9 Å². The molecular weight excluding hydrogens is 230 g/mol. The van der Waals surface area contributed by atoms with Crippen molar-refractivity contribution in [2.75, 3.05) is 14.2 Å². The van der Waals surface area contributed by atoms with Crippen molar-refractivity contribution < 1.29 is 24.0 Å². The van der Waals surface area contributed by atoms with Crippen molar-refractivity contribution >= 4 is 17.9 Å². The highest BCUT2D eigenvalue weighted by Gasteiger charge is 2.22. The summed E-state index contributed by atoms with van der Waals surface area (Å²) < 4.78 is 9.31. The van der Waals surface area contributed by atoms with Crippen LogP contribution in [-0.4, -0.2) is 31.4 Å². The van der Waals surface area contributed by atoms with Crippen LogP contribution in [0.1, 0.15) is 20.7 Å². The van der Waals surface area contributed by atoms with E-state index in [2.05, 4.69) is 4.74 Å². The molecule has 0 aliphatic rings. The lowest BCUT2D eigenvalue weighted by Crippen LogP contribution is -2.08. The fourth-order valence-electron chi connectivity index (χ4n) is 1.30. The van der Waals surface area contributed by atoms with Crippen molar-refractivity contribution in [3.8, 4) is 5.75 Å². The van der Waals surface area contributed by atoms with Crippen LogP contribution in [0, 0.1) is 10.1 Å². The van der Waals surface area contributed by atoms with Crippen LogP contribution in [0.3, 0.4) is 0 Å². The number of nitro benzene ring substituents is 1. The summed E-state index contributed by atoms with van der Waals surface area (Å²) in [6, 6.07) is 2.04. The third-order valence-corrected chi connectivity index (χ3v) is 2.06. The zero-order chi connectivity index (χ0) is 13.0. The molecule has 1 rings (SSSR count). The molecule has 0 bridgehead atoms. The molecule has 0 spiro atoms. The Labute approximate surface area is 96.1 Å². The van der Waals surface area contributed by atoms with Crippen molar-refractivity contribution in [2.45, 2.75) is 0 Å². The Bertz CT molecular complexity index is 482. The summed E-state index contributed by atoms with van der Waals surface area (Å²) in [7, 11) is 2.37. The zero-order valence-electron chi connectivity index (χ0n) is 9.13. The number of benzene rings is 1. The van der Waals surface area contributed by atoms with E-state index in [1.165, 1.54) is 7.11 Å². The van der Waals surface area contributed by atoms with Gasteiger partial charge in [-0.05, 0) is 0 Å². The summed E-state index contributed by atoms with van der Waals surface area (Å²) in [5.41, 5.74) is -0.616. The van der Waals surface area contributed by atoms with E-state index in [-0.39, 0.29) is 22.6 Å². The molecule has 7 nitrogen and oxygen atoms in total. The Morgan fingerprint density at radius 3 is 2.47 bits per heavy atom. The molecule has 1 aromatic carbocycles. The molecule has 0 amide bonds. The fourth-order valence-corrected chi connectivity index (χ4v) is 1.30. The van der Waals surface area contributed by atoms with Crippen molar-refractivity contribution in [3.05, 3.63) is 33.4 Å². The number of nitrogens with zero attached hydrogens (tertiary/aromatic N) is 1. The minimum atomic E-state index is -0.793. The molecule has 0 saturated heterocycles. The largest absolute Gasteiger partial charge is 0.496 e. The van der Waals surface area contributed by atoms with Crippen molar-refractivity contribution in [1.29, 1.82) is 0 Å². The molecule has 90 valence electrons. The van der Waals surface area contributed by atoms with Crippen LogP contribution >= 0.6 is 0 Å². The Morgan fingerprint density at radius 2 is 2.06 bits per heavy atom. The molecule has 0 aliphatic heterocycles. The van der Waals surface area contributed by atoms with Gasteiger partial charge in [0.1, 0.15) is 11.3 Å². The van der Waals surface area contributed by atoms with Gasteiger partial charge in [-0.3, -0.25) is 14.9 Å². The first-order chi connectivity index (χ1) is 8.04. The first-order valence-electron chi connectivity index (χ1n) is 4.45. The van der Waals surface area contributed by atoms with Crippen molar-refractivity contribution in [1.82, 2.24) is 0 Å². The first-order valence-corrected chi connectivity index (χ1v) is 4.45. The minimum Gasteiger partial charge on any atom is -0.496 e. The van der Waals surface area contributed by atoms with E-state index in [1.807, 2.05) is 0 Å². The van der Waals surface area contributed by atoms with Gasteiger partial charge in [-0.1, -0.05) is 0 Å². The maximum atomic E-state index is 11.4. The van der Waals surface area contributed by atoms with Crippen LogP contribution < -0.4 is 4.74 Å². The lowest BCUT2D eigenvalue weighted by Gasteiger charge is -2.08. The summed E-state index contributed by atoms with van der Waals surface area (Å²) in [6.07, 6.45) is 0.335. The maximum absolute atomic E-state index is 11.4. The van der Waals surface area contributed by atoms with Crippen molar-refractivity contribution in [2.24, 2.45) is 0 Å². The van der Waals surface area contributed by atoms with Crippen LogP contribution in [0.2, 0.25) is 0 Å². The van der Waals surface area contributed by atoms with E-state index in [4.69, 9.17) is 4.74 Å². The summed E-state index contributed by atoms with van der Waals surface area (Å²) in [6.45, 7) is 0. The highest BCUT2D eigenvalue weighted by Crippen LogP contribution is 2.28. The number of nitro groups is 1. The predicted molar refractivity (Wildman–Crippen MR) is 56.4 cm³/mol. The van der Waals surface area contributed by atoms with Crippen LogP contribution in [0.15, 0.2) is 12.1 Å². The van der Waals surface area contributed by atoms with E-state index in [0.29, 0.717) is 6.29 Å². The Kier molecular flexibility index (Phi) is 3.76. The van der Waals surface area contributed by atoms with Crippen LogP contribution in [0.25, 0.3) is 0 Å². The SMILES string of the molecule is COC(=O)c1c(C=O)cc([N+](=O)[O-])cc1OC. The van der Waals surface area contributed by atoms with Gasteiger partial charge in [-0.15, -0.1) is 0 Å². The number of methoxy groups -OCH3 is 2. The number of carbonyl (C=O) groups is 2. The van der Waals surface area contributed by atoms with Crippen LogP contribution in [0.5, 0.6) is 5.75 Å². The van der Waals surface area contributed by atoms with E-state index in [9.17, 15) is 19.7 Å². The van der Waals surface area contributed by atoms with Gasteiger partial charge in [0.2, 0.25) is 0 Å². The average molecular weight is 239 g/mol. The van der Waals surface area contributed by atoms with Gasteiger partial charge in [0.15, 0.2) is 6.29 Å². The number of hydrogen-bond acceptors (Lipinski definition) is 6. The summed E-state index contributed by atoms with van der Waals surface area (Å²) in [5.74, 6) is -0.869. The molecule has 0 radical (unpaired) electrons. The van der Waals surface area contributed by atoms with Gasteiger partial charge in [0, 0.05) is 11.6 Å². The standard InChI is InChI=1S/C10H9NO6/c1-16-8-4-7(11(14)15)3-6(5-12)9(8)10(13)17-2/h3-5H,1-2H3. The lowest BCUT2D eigenvalue weighted by atomic mass is 10.1. The summed E-state index contributed by atoms with van der Waals surface area (Å²) in [4.78, 5) is 32.1. The lowest BCUT2D eigenvalue weighted by molar-refractivity contribution is -0.384. The summed E-state index contributed by atoms with van der Waals surface area (Å²) >= 11 is 0. The molecule has 0 N–H and O–H groups in total. The number of aldehydes is 1. The molecule has 0 fully saturated rings. The quantitative estimate of drug-likeness (QED) is 0.339. The number of ether oxygens (including phenoxy) is 2. The number of carbonyl (C=O) groups excluding carboxylic acids is 2. The normalized spacial score (nSPS) is 9.53. The molecule has 7 heteroatoms. The van der Waals surface area contributed by atoms with Gasteiger partial charge in [-0.2, -0.15) is 0 Å². The van der Waals surface area contributed by atoms with E-state index >= 15 is 0 Å². The van der Waals surface area contributed by atoms with Gasteiger partial charge in [0.25, 0.3) is 5.69 Å². The molecule has 1 aromatic rings. The molecule has 17 heavy (non-hydrogen) atoms. The second kappa shape index (κ2) is 5.06. The minimum absolute atomic E-state index is 0.0758. The van der Waals surface area contributed by atoms with Crippen LogP contribution in [-0.2, 0) is 4.74 Å². The second-order valence-electron chi connectivity index (χ2n) is 2.98. The van der Waals surface area contributed by atoms with Gasteiger partial charge in [-0.25, -0.2) is 4.79 Å². The highest BCUT2D eigenvalue weighted by atomic mass is 16.6. The molecule has 0 aliphatic carbocycles. The molecule has 0 saturated carbocycles. The number of hydrogen-bond donors (Lipinski definition) is 0. The van der Waals surface area contributed by atoms with Crippen molar-refractivity contribution in [3.63, 3.8) is 0 Å². The summed E-state index contributed by atoms with van der Waals surface area (Å²) in [5, 5.41) is 10.6. The monoisotopic (exact) mass is 239 g/mol. The predicted octanol–water partition coefficient (Wildman–Crippen LogP) is 1.20. The fraction of sp³-hybridized carbons (Fsp3) is 0.200. The zero-order valence-corrected chi connectivity index (χ0v) is 9.13. The maximum Gasteiger partial charge on any atom is 0.342 e.